The van der Waals surface area contributed by atoms with Gasteiger partial charge < -0.3 is 10.1 Å². The second kappa shape index (κ2) is 5.60. The molecule has 0 bridgehead atoms. The van der Waals surface area contributed by atoms with Gasteiger partial charge in [0.15, 0.2) is 11.6 Å². The van der Waals surface area contributed by atoms with Gasteiger partial charge >= 0.3 is 0 Å². The molecule has 2 rings (SSSR count). The minimum atomic E-state index is -0.388. The predicted octanol–water partition coefficient (Wildman–Crippen LogP) is 3.04. The van der Waals surface area contributed by atoms with Crippen LogP contribution in [-0.4, -0.2) is 12.0 Å². The Morgan fingerprint density at radius 3 is 2.89 bits per heavy atom. The minimum Gasteiger partial charge on any atom is -0.436 e. The molecule has 4 heteroatoms. The number of hydrogen-bond donors (Lipinski definition) is 1. The summed E-state index contributed by atoms with van der Waals surface area (Å²) in [4.78, 5) is 4.28. The molecule has 0 aliphatic heterocycles. The van der Waals surface area contributed by atoms with Crippen LogP contribution in [0.1, 0.15) is 11.3 Å². The van der Waals surface area contributed by atoms with Gasteiger partial charge in [0, 0.05) is 12.6 Å². The molecule has 0 saturated carbocycles. The molecular weight excluding hydrogens is 231 g/mol. The molecular formula is C14H15FN2O. The molecule has 1 aromatic heterocycles. The van der Waals surface area contributed by atoms with Crippen molar-refractivity contribution in [3.63, 3.8) is 0 Å². The molecule has 0 atom stereocenters. The van der Waals surface area contributed by atoms with Crippen LogP contribution in [0.5, 0.6) is 11.6 Å². The summed E-state index contributed by atoms with van der Waals surface area (Å²) in [5.41, 5.74) is 1.79. The van der Waals surface area contributed by atoms with E-state index >= 15 is 0 Å². The minimum absolute atomic E-state index is 0.198. The monoisotopic (exact) mass is 246 g/mol. The number of rotatable bonds is 4. The molecule has 0 aliphatic carbocycles. The molecule has 2 aromatic rings. The van der Waals surface area contributed by atoms with Gasteiger partial charge in [0.2, 0.25) is 5.88 Å². The van der Waals surface area contributed by atoms with Crippen molar-refractivity contribution >= 4 is 0 Å². The quantitative estimate of drug-likeness (QED) is 0.900. The van der Waals surface area contributed by atoms with E-state index in [2.05, 4.69) is 10.3 Å². The molecule has 0 amide bonds. The van der Waals surface area contributed by atoms with E-state index in [1.165, 1.54) is 6.07 Å². The van der Waals surface area contributed by atoms with E-state index in [1.54, 1.807) is 18.2 Å². The van der Waals surface area contributed by atoms with Gasteiger partial charge in [-0.05, 0) is 37.7 Å². The van der Waals surface area contributed by atoms with E-state index in [4.69, 9.17) is 4.74 Å². The molecule has 94 valence electrons. The van der Waals surface area contributed by atoms with Gasteiger partial charge in [0.1, 0.15) is 0 Å². The molecule has 0 unspecified atom stereocenters. The number of benzene rings is 1. The third-order valence-corrected chi connectivity index (χ3v) is 2.44. The van der Waals surface area contributed by atoms with Gasteiger partial charge in [-0.1, -0.05) is 12.1 Å². The van der Waals surface area contributed by atoms with Crippen LogP contribution in [0.15, 0.2) is 36.4 Å². The molecule has 0 fully saturated rings. The zero-order valence-electron chi connectivity index (χ0n) is 10.4. The van der Waals surface area contributed by atoms with Crippen molar-refractivity contribution < 1.29 is 9.13 Å². The first-order valence-electron chi connectivity index (χ1n) is 5.73. The second-order valence-electron chi connectivity index (χ2n) is 4.03. The number of hydrogen-bond acceptors (Lipinski definition) is 3. The Morgan fingerprint density at radius 1 is 1.28 bits per heavy atom. The molecule has 3 nitrogen and oxygen atoms in total. The lowest BCUT2D eigenvalue weighted by Gasteiger charge is -2.08. The highest BCUT2D eigenvalue weighted by molar-refractivity contribution is 5.32. The van der Waals surface area contributed by atoms with Crippen LogP contribution < -0.4 is 10.1 Å². The van der Waals surface area contributed by atoms with E-state index in [-0.39, 0.29) is 11.6 Å². The van der Waals surface area contributed by atoms with Gasteiger partial charge in [-0.2, -0.15) is 0 Å². The topological polar surface area (TPSA) is 34.1 Å². The van der Waals surface area contributed by atoms with Crippen LogP contribution in [0.3, 0.4) is 0 Å². The summed E-state index contributed by atoms with van der Waals surface area (Å²) in [6, 6.07) is 10.2. The van der Waals surface area contributed by atoms with E-state index in [1.807, 2.05) is 26.1 Å². The van der Waals surface area contributed by atoms with Gasteiger partial charge in [-0.3, -0.25) is 0 Å². The van der Waals surface area contributed by atoms with Gasteiger partial charge in [0.05, 0.1) is 5.69 Å². The smallest absolute Gasteiger partial charge is 0.219 e. The molecule has 0 radical (unpaired) electrons. The zero-order valence-corrected chi connectivity index (χ0v) is 10.4. The normalized spacial score (nSPS) is 10.4. The highest BCUT2D eigenvalue weighted by Crippen LogP contribution is 2.24. The Balaban J connectivity index is 2.22. The maximum Gasteiger partial charge on any atom is 0.219 e. The predicted molar refractivity (Wildman–Crippen MR) is 68.2 cm³/mol. The van der Waals surface area contributed by atoms with E-state index in [9.17, 15) is 4.39 Å². The van der Waals surface area contributed by atoms with Crippen LogP contribution in [0.2, 0.25) is 0 Å². The van der Waals surface area contributed by atoms with Crippen LogP contribution in [0, 0.1) is 12.7 Å². The summed E-state index contributed by atoms with van der Waals surface area (Å²) < 4.78 is 19.0. The van der Waals surface area contributed by atoms with Crippen molar-refractivity contribution in [2.45, 2.75) is 13.5 Å². The fraction of sp³-hybridized carbons (Fsp3) is 0.214. The Labute approximate surface area is 106 Å². The first kappa shape index (κ1) is 12.5. The van der Waals surface area contributed by atoms with E-state index in [0.29, 0.717) is 12.4 Å². The van der Waals surface area contributed by atoms with Crippen LogP contribution in [0.25, 0.3) is 0 Å². The lowest BCUT2D eigenvalue weighted by molar-refractivity contribution is 0.425. The maximum absolute atomic E-state index is 13.5. The molecule has 1 aromatic carbocycles. The van der Waals surface area contributed by atoms with Crippen LogP contribution in [-0.2, 0) is 6.54 Å². The second-order valence-corrected chi connectivity index (χ2v) is 4.03. The van der Waals surface area contributed by atoms with E-state index < -0.39 is 0 Å². The molecule has 1 heterocycles. The standard InChI is InChI=1S/C14H15FN2O/c1-10-6-7-12(15)13(8-10)18-14-5-3-4-11(17-14)9-16-2/h3-8,16H,9H2,1-2H3. The lowest BCUT2D eigenvalue weighted by atomic mass is 10.2. The Kier molecular flexibility index (Phi) is 3.89. The van der Waals surface area contributed by atoms with Gasteiger partial charge in [-0.15, -0.1) is 0 Å². The SMILES string of the molecule is CNCc1cccc(Oc2cc(C)ccc2F)n1. The van der Waals surface area contributed by atoms with Gasteiger partial charge in [-0.25, -0.2) is 9.37 Å². The summed E-state index contributed by atoms with van der Waals surface area (Å²) in [5, 5.41) is 3.00. The Bertz CT molecular complexity index is 543. The van der Waals surface area contributed by atoms with Crippen LogP contribution >= 0.6 is 0 Å². The average Bonchev–Trinajstić information content (AvgIpc) is 2.35. The van der Waals surface area contributed by atoms with E-state index in [0.717, 1.165) is 11.3 Å². The summed E-state index contributed by atoms with van der Waals surface area (Å²) in [5.74, 6) is 0.206. The third-order valence-electron chi connectivity index (χ3n) is 2.44. The summed E-state index contributed by atoms with van der Waals surface area (Å²) in [6.45, 7) is 2.53. The number of aryl methyl sites for hydroxylation is 1. The molecule has 0 saturated heterocycles. The maximum atomic E-state index is 13.5. The molecule has 1 N–H and O–H groups in total. The fourth-order valence-electron chi connectivity index (χ4n) is 1.60. The number of nitrogens with one attached hydrogen (secondary N) is 1. The summed E-state index contributed by atoms with van der Waals surface area (Å²) >= 11 is 0. The Morgan fingerprint density at radius 2 is 2.11 bits per heavy atom. The first-order chi connectivity index (χ1) is 8.69. The summed E-state index contributed by atoms with van der Waals surface area (Å²) in [6.07, 6.45) is 0. The number of nitrogens with zero attached hydrogens (tertiary/aromatic N) is 1. The Hall–Kier alpha value is -1.94. The highest BCUT2D eigenvalue weighted by Gasteiger charge is 2.06. The van der Waals surface area contributed by atoms with Crippen LogP contribution in [0.4, 0.5) is 4.39 Å². The van der Waals surface area contributed by atoms with Gasteiger partial charge in [0.25, 0.3) is 0 Å². The average molecular weight is 246 g/mol. The number of ether oxygens (including phenoxy) is 1. The largest absolute Gasteiger partial charge is 0.436 e. The van der Waals surface area contributed by atoms with Crippen molar-refractivity contribution in [3.05, 3.63) is 53.5 Å². The molecule has 0 aliphatic rings. The number of pyridine rings is 1. The first-order valence-corrected chi connectivity index (χ1v) is 5.73. The fourth-order valence-corrected chi connectivity index (χ4v) is 1.60. The van der Waals surface area contributed by atoms with Crippen molar-refractivity contribution in [1.82, 2.24) is 10.3 Å². The third kappa shape index (κ3) is 3.05. The van der Waals surface area contributed by atoms with Crippen molar-refractivity contribution in [2.75, 3.05) is 7.05 Å². The molecule has 0 spiro atoms. The van der Waals surface area contributed by atoms with Crippen molar-refractivity contribution in [1.29, 1.82) is 0 Å². The van der Waals surface area contributed by atoms with Crippen molar-refractivity contribution in [2.24, 2.45) is 0 Å². The number of aromatic nitrogens is 1. The lowest BCUT2D eigenvalue weighted by Crippen LogP contribution is -2.07. The van der Waals surface area contributed by atoms with Crippen molar-refractivity contribution in [3.8, 4) is 11.6 Å². The highest BCUT2D eigenvalue weighted by atomic mass is 19.1. The number of halogens is 1. The molecule has 18 heavy (non-hydrogen) atoms. The summed E-state index contributed by atoms with van der Waals surface area (Å²) in [7, 11) is 1.84. The zero-order chi connectivity index (χ0) is 13.0.